The number of alkyl halides is 1. The van der Waals surface area contributed by atoms with Crippen LogP contribution in [0.5, 0.6) is 0 Å². The lowest BCUT2D eigenvalue weighted by Gasteiger charge is -2.33. The molecule has 0 amide bonds. The molecule has 0 radical (unpaired) electrons. The molecule has 0 bridgehead atoms. The molecule has 4 rings (SSSR count). The fourth-order valence-corrected chi connectivity index (χ4v) is 3.46. The van der Waals surface area contributed by atoms with Crippen LogP contribution in [-0.4, -0.2) is 32.5 Å². The van der Waals surface area contributed by atoms with Crippen LogP contribution in [0.1, 0.15) is 38.7 Å². The molecule has 0 aliphatic heterocycles. The number of benzene rings is 1. The number of hydrogen-bond acceptors (Lipinski definition) is 4. The van der Waals surface area contributed by atoms with Crippen molar-refractivity contribution in [2.24, 2.45) is 4.99 Å². The number of aromatic nitrogens is 3. The molecule has 1 fully saturated rings. The molecule has 146 valence electrons. The number of nitrogens with zero attached hydrogens (tertiary/aromatic N) is 4. The summed E-state index contributed by atoms with van der Waals surface area (Å²) in [6, 6.07) is 5.27. The van der Waals surface area contributed by atoms with Crippen molar-refractivity contribution in [3.8, 4) is 11.1 Å². The molecule has 0 saturated heterocycles. The number of halogens is 2. The summed E-state index contributed by atoms with van der Waals surface area (Å²) in [5.74, 6) is 0.0209. The van der Waals surface area contributed by atoms with Crippen LogP contribution in [0.15, 0.2) is 35.6 Å². The molecule has 1 aliphatic carbocycles. The molecular weight excluding hydrogens is 360 g/mol. The van der Waals surface area contributed by atoms with Gasteiger partial charge in [-0.2, -0.15) is 0 Å². The standard InChI is InChI=1S/C21H23F2N5/c1-13(2)26-19-14(3)9-15(10-17(19)22)16-5-8-28-18(16)11-24-20(27-28)25-12-21(23)6-4-7-21/h5,8-11H,4,6-7,12H2,1-3H3,(H,25,27). The van der Waals surface area contributed by atoms with Gasteiger partial charge in [-0.3, -0.25) is 4.99 Å². The summed E-state index contributed by atoms with van der Waals surface area (Å²) >= 11 is 0. The molecule has 7 heteroatoms. The topological polar surface area (TPSA) is 54.6 Å². The Kier molecular flexibility index (Phi) is 4.61. The Bertz CT molecular complexity index is 1040. The third-order valence-electron chi connectivity index (χ3n) is 5.13. The van der Waals surface area contributed by atoms with Gasteiger partial charge in [0.1, 0.15) is 17.2 Å². The van der Waals surface area contributed by atoms with Gasteiger partial charge in [0.05, 0.1) is 18.3 Å². The summed E-state index contributed by atoms with van der Waals surface area (Å²) in [6.07, 6.45) is 5.56. The average Bonchev–Trinajstić information content (AvgIpc) is 3.04. The van der Waals surface area contributed by atoms with Gasteiger partial charge in [-0.1, -0.05) is 0 Å². The van der Waals surface area contributed by atoms with E-state index in [2.05, 4.69) is 20.4 Å². The smallest absolute Gasteiger partial charge is 0.241 e. The van der Waals surface area contributed by atoms with Gasteiger partial charge >= 0.3 is 0 Å². The summed E-state index contributed by atoms with van der Waals surface area (Å²) < 4.78 is 30.4. The molecule has 3 aromatic rings. The molecule has 2 heterocycles. The zero-order valence-corrected chi connectivity index (χ0v) is 16.3. The number of nitrogens with one attached hydrogen (secondary N) is 1. The third-order valence-corrected chi connectivity index (χ3v) is 5.13. The second-order valence-corrected chi connectivity index (χ2v) is 7.68. The molecular formula is C21H23F2N5. The summed E-state index contributed by atoms with van der Waals surface area (Å²) in [6.45, 7) is 5.74. The van der Waals surface area contributed by atoms with Gasteiger partial charge < -0.3 is 5.32 Å². The van der Waals surface area contributed by atoms with Gasteiger partial charge in [0.25, 0.3) is 0 Å². The largest absolute Gasteiger partial charge is 0.350 e. The number of rotatable bonds is 5. The summed E-state index contributed by atoms with van der Waals surface area (Å²) in [7, 11) is 0. The second kappa shape index (κ2) is 6.96. The molecule has 1 aliphatic rings. The summed E-state index contributed by atoms with van der Waals surface area (Å²) in [5.41, 5.74) is 3.12. The van der Waals surface area contributed by atoms with E-state index in [1.54, 1.807) is 16.9 Å². The van der Waals surface area contributed by atoms with Crippen LogP contribution >= 0.6 is 0 Å². The van der Waals surface area contributed by atoms with Crippen LogP contribution < -0.4 is 5.32 Å². The number of anilines is 1. The zero-order valence-electron chi connectivity index (χ0n) is 16.3. The van der Waals surface area contributed by atoms with E-state index in [1.165, 1.54) is 6.07 Å². The molecule has 5 nitrogen and oxygen atoms in total. The normalized spacial score (nSPS) is 15.3. The minimum absolute atomic E-state index is 0.218. The Labute approximate surface area is 162 Å². The Morgan fingerprint density at radius 3 is 2.75 bits per heavy atom. The molecule has 2 aromatic heterocycles. The van der Waals surface area contributed by atoms with Gasteiger partial charge in [0.15, 0.2) is 0 Å². The summed E-state index contributed by atoms with van der Waals surface area (Å²) in [5, 5.41) is 7.38. The van der Waals surface area contributed by atoms with E-state index in [0.29, 0.717) is 24.5 Å². The van der Waals surface area contributed by atoms with Crippen molar-refractivity contribution in [2.75, 3.05) is 11.9 Å². The molecule has 0 spiro atoms. The van der Waals surface area contributed by atoms with Crippen molar-refractivity contribution in [1.82, 2.24) is 14.6 Å². The SMILES string of the molecule is CC(C)=Nc1c(C)cc(-c2ccn3nc(NCC4(F)CCC4)ncc23)cc1F. The monoisotopic (exact) mass is 383 g/mol. The molecule has 0 atom stereocenters. The van der Waals surface area contributed by atoms with Gasteiger partial charge in [-0.15, -0.1) is 5.10 Å². The first-order valence-corrected chi connectivity index (χ1v) is 9.44. The predicted octanol–water partition coefficient (Wildman–Crippen LogP) is 5.26. The lowest BCUT2D eigenvalue weighted by atomic mass is 9.82. The van der Waals surface area contributed by atoms with E-state index in [1.807, 2.05) is 32.9 Å². The van der Waals surface area contributed by atoms with E-state index < -0.39 is 5.67 Å². The average molecular weight is 383 g/mol. The van der Waals surface area contributed by atoms with Crippen molar-refractivity contribution in [3.05, 3.63) is 42.0 Å². The first-order valence-electron chi connectivity index (χ1n) is 9.44. The van der Waals surface area contributed by atoms with Gasteiger partial charge in [0, 0.05) is 17.5 Å². The molecule has 1 saturated carbocycles. The van der Waals surface area contributed by atoms with Crippen LogP contribution in [0, 0.1) is 12.7 Å². The Balaban J connectivity index is 1.64. The molecule has 1 aromatic carbocycles. The lowest BCUT2D eigenvalue weighted by Crippen LogP contribution is -2.39. The Morgan fingerprint density at radius 2 is 2.11 bits per heavy atom. The van der Waals surface area contributed by atoms with Gasteiger partial charge in [-0.25, -0.2) is 18.3 Å². The number of aliphatic imine (C=N–C) groups is 1. The van der Waals surface area contributed by atoms with E-state index in [4.69, 9.17) is 0 Å². The first kappa shape index (κ1) is 18.5. The van der Waals surface area contributed by atoms with E-state index in [9.17, 15) is 8.78 Å². The maximum atomic E-state index is 14.6. The fraction of sp³-hybridized carbons (Fsp3) is 0.381. The Morgan fingerprint density at radius 1 is 1.32 bits per heavy atom. The van der Waals surface area contributed by atoms with Crippen molar-refractivity contribution < 1.29 is 8.78 Å². The highest BCUT2D eigenvalue weighted by Crippen LogP contribution is 2.36. The molecule has 1 N–H and O–H groups in total. The van der Waals surface area contributed by atoms with Crippen molar-refractivity contribution in [3.63, 3.8) is 0 Å². The number of hydrogen-bond donors (Lipinski definition) is 1. The van der Waals surface area contributed by atoms with Crippen LogP contribution in [0.4, 0.5) is 20.4 Å². The zero-order chi connectivity index (χ0) is 19.9. The fourth-order valence-electron chi connectivity index (χ4n) is 3.46. The predicted molar refractivity (Wildman–Crippen MR) is 108 cm³/mol. The van der Waals surface area contributed by atoms with Gasteiger partial charge in [0.2, 0.25) is 5.95 Å². The Hall–Kier alpha value is -2.83. The van der Waals surface area contributed by atoms with Crippen LogP contribution in [0.25, 0.3) is 16.6 Å². The number of fused-ring (bicyclic) bond motifs is 1. The minimum atomic E-state index is -1.14. The first-order chi connectivity index (χ1) is 13.3. The van der Waals surface area contributed by atoms with Crippen LogP contribution in [0.2, 0.25) is 0 Å². The lowest BCUT2D eigenvalue weighted by molar-refractivity contribution is 0.0782. The van der Waals surface area contributed by atoms with Gasteiger partial charge in [-0.05, 0) is 69.4 Å². The molecule has 0 unspecified atom stereocenters. The van der Waals surface area contributed by atoms with Crippen molar-refractivity contribution in [2.45, 2.75) is 45.7 Å². The highest BCUT2D eigenvalue weighted by molar-refractivity contribution is 5.85. The maximum Gasteiger partial charge on any atom is 0.241 e. The molecule has 28 heavy (non-hydrogen) atoms. The minimum Gasteiger partial charge on any atom is -0.350 e. The van der Waals surface area contributed by atoms with E-state index in [-0.39, 0.29) is 12.4 Å². The quantitative estimate of drug-likeness (QED) is 0.612. The second-order valence-electron chi connectivity index (χ2n) is 7.68. The van der Waals surface area contributed by atoms with Crippen molar-refractivity contribution in [1.29, 1.82) is 0 Å². The third kappa shape index (κ3) is 3.48. The van der Waals surface area contributed by atoms with E-state index >= 15 is 0 Å². The van der Waals surface area contributed by atoms with E-state index in [0.717, 1.165) is 34.3 Å². The highest BCUT2D eigenvalue weighted by Gasteiger charge is 2.36. The maximum absolute atomic E-state index is 14.6. The van der Waals surface area contributed by atoms with Crippen LogP contribution in [0.3, 0.4) is 0 Å². The number of aryl methyl sites for hydroxylation is 1. The van der Waals surface area contributed by atoms with Crippen LogP contribution in [-0.2, 0) is 0 Å². The highest BCUT2D eigenvalue weighted by atomic mass is 19.1. The van der Waals surface area contributed by atoms with Crippen molar-refractivity contribution >= 4 is 22.9 Å². The summed E-state index contributed by atoms with van der Waals surface area (Å²) in [4.78, 5) is 8.58.